The Balaban J connectivity index is 1.75. The molecule has 0 bridgehead atoms. The summed E-state index contributed by atoms with van der Waals surface area (Å²) >= 11 is 0. The average Bonchev–Trinajstić information content (AvgIpc) is 3.18. The number of hydrogen-bond donors (Lipinski definition) is 3. The number of nitrogens with one attached hydrogen (secondary N) is 3. The summed E-state index contributed by atoms with van der Waals surface area (Å²) in [6.45, 7) is 9.79. The summed E-state index contributed by atoms with van der Waals surface area (Å²) in [4.78, 5) is 78.8. The molecule has 3 rings (SSSR count). The number of unbranched alkanes of at least 4 members (excludes halogenated alkanes) is 2. The van der Waals surface area contributed by atoms with E-state index in [1.54, 1.807) is 39.8 Å². The maximum absolute atomic E-state index is 14.0. The zero-order valence-electron chi connectivity index (χ0n) is 34.6. The largest absolute Gasteiger partial charge is 0.467 e. The lowest BCUT2D eigenvalue weighted by Gasteiger charge is -2.23. The summed E-state index contributed by atoms with van der Waals surface area (Å²) in [5, 5.41) is 8.17. The van der Waals surface area contributed by atoms with Crippen LogP contribution in [0.5, 0.6) is 0 Å². The second kappa shape index (κ2) is 24.2. The van der Waals surface area contributed by atoms with E-state index in [-0.39, 0.29) is 31.8 Å². The Morgan fingerprint density at radius 1 is 0.895 bits per heavy atom. The predicted octanol–water partition coefficient (Wildman–Crippen LogP) is 6.15. The van der Waals surface area contributed by atoms with Gasteiger partial charge in [-0.1, -0.05) is 75.2 Å². The van der Waals surface area contributed by atoms with Crippen molar-refractivity contribution in [2.75, 3.05) is 40.1 Å². The zero-order valence-corrected chi connectivity index (χ0v) is 34.6. The van der Waals surface area contributed by atoms with Gasteiger partial charge >= 0.3 is 12.1 Å². The van der Waals surface area contributed by atoms with E-state index in [0.29, 0.717) is 57.4 Å². The molecule has 2 aromatic carbocycles. The van der Waals surface area contributed by atoms with Gasteiger partial charge in [0.1, 0.15) is 11.6 Å². The Morgan fingerprint density at radius 2 is 1.53 bits per heavy atom. The Morgan fingerprint density at radius 3 is 2.14 bits per heavy atom. The van der Waals surface area contributed by atoms with Gasteiger partial charge in [0.15, 0.2) is 17.6 Å². The highest BCUT2D eigenvalue weighted by Gasteiger charge is 2.31. The fraction of sp³-hybridized carbons (Fsp3) is 0.591. The number of hydrogen-bond acceptors (Lipinski definition) is 10. The number of rotatable bonds is 15. The number of carbonyl (C=O) groups excluding carboxylic acids is 6. The van der Waals surface area contributed by atoms with Crippen molar-refractivity contribution in [1.29, 1.82) is 0 Å². The number of alkyl carbamates (subject to hydrolysis) is 1. The Bertz CT molecular complexity index is 1600. The monoisotopic (exact) mass is 793 g/mol. The Hall–Kier alpha value is -4.62. The van der Waals surface area contributed by atoms with Crippen LogP contribution < -0.4 is 16.0 Å². The van der Waals surface area contributed by atoms with E-state index in [1.165, 1.54) is 12.7 Å². The average molecular weight is 794 g/mol. The van der Waals surface area contributed by atoms with Gasteiger partial charge in [-0.3, -0.25) is 19.2 Å². The Kier molecular flexibility index (Phi) is 19.9. The highest BCUT2D eigenvalue weighted by Crippen LogP contribution is 2.23. The highest BCUT2D eigenvalue weighted by molar-refractivity contribution is 6.00. The minimum absolute atomic E-state index is 0.0765. The smallest absolute Gasteiger partial charge is 0.407 e. The summed E-state index contributed by atoms with van der Waals surface area (Å²) in [6.07, 6.45) is 4.96. The molecule has 0 spiro atoms. The first-order valence-corrected chi connectivity index (χ1v) is 20.3. The van der Waals surface area contributed by atoms with E-state index in [1.807, 2.05) is 12.1 Å². The molecule has 1 aliphatic rings. The van der Waals surface area contributed by atoms with Crippen molar-refractivity contribution in [3.8, 4) is 11.1 Å². The third-order valence-corrected chi connectivity index (χ3v) is 9.62. The van der Waals surface area contributed by atoms with Gasteiger partial charge in [0.25, 0.3) is 0 Å². The number of benzene rings is 2. The van der Waals surface area contributed by atoms with Crippen LogP contribution in [0.3, 0.4) is 0 Å². The quantitative estimate of drug-likeness (QED) is 0.108. The fourth-order valence-corrected chi connectivity index (χ4v) is 6.26. The zero-order chi connectivity index (χ0) is 41.8. The number of ether oxygens (including phenoxy) is 4. The number of carbonyl (C=O) groups is 6. The third kappa shape index (κ3) is 17.2. The Labute approximate surface area is 337 Å². The first kappa shape index (κ1) is 46.8. The number of Topliss-reactive ketones (excluding diaryl/α,β-unsaturated/α-hetero) is 2. The SMILES string of the molecule is CCCCc1ccc(-c2ccc(C(=O)C[C@@H](CCCCNC(=O)OC(C)(C)C)C(=O)N[C@H]3COCCCCOC[C@@H](C(=O)OC)NC(=O)[C@H](C)CC3=O)cc2)cc1. The summed E-state index contributed by atoms with van der Waals surface area (Å²) in [5.41, 5.74) is 3.12. The molecule has 0 aromatic heterocycles. The van der Waals surface area contributed by atoms with Gasteiger partial charge in [-0.15, -0.1) is 0 Å². The molecular formula is C44H63N3O10. The standard InChI is InChI=1S/C44H63N3O10/c1-7-8-13-31-15-17-32(18-16-31)33-19-21-34(22-20-33)38(48)27-35(14-9-10-23-45-43(53)57-44(3,4)5)41(51)46-36-28-55-24-11-12-25-56-29-37(42(52)54-6)47-40(50)30(2)26-39(36)49/h15-22,30,35-37H,7-14,23-29H2,1-6H3,(H,45,53)(H,46,51)(H,47,50)/t30-,35-,36+,37+/m1/s1. The van der Waals surface area contributed by atoms with Crippen LogP contribution in [-0.2, 0) is 44.5 Å². The van der Waals surface area contributed by atoms with Crippen LogP contribution in [0.1, 0.15) is 108 Å². The molecule has 2 aromatic rings. The maximum Gasteiger partial charge on any atom is 0.407 e. The molecule has 0 unspecified atom stereocenters. The van der Waals surface area contributed by atoms with E-state index in [0.717, 1.165) is 30.4 Å². The second-order valence-electron chi connectivity index (χ2n) is 15.7. The van der Waals surface area contributed by atoms with Crippen molar-refractivity contribution < 1.29 is 47.7 Å². The molecule has 0 saturated carbocycles. The summed E-state index contributed by atoms with van der Waals surface area (Å²) in [5.74, 6) is -3.97. The lowest BCUT2D eigenvalue weighted by atomic mass is 9.91. The van der Waals surface area contributed by atoms with Crippen molar-refractivity contribution in [3.05, 3.63) is 59.7 Å². The van der Waals surface area contributed by atoms with Crippen LogP contribution in [-0.4, -0.2) is 93.2 Å². The predicted molar refractivity (Wildman–Crippen MR) is 217 cm³/mol. The van der Waals surface area contributed by atoms with E-state index < -0.39 is 59.2 Å². The topological polar surface area (TPSA) is 175 Å². The number of aryl methyl sites for hydroxylation is 1. The molecule has 0 aliphatic carbocycles. The van der Waals surface area contributed by atoms with Gasteiger partial charge in [0, 0.05) is 50.0 Å². The number of esters is 1. The van der Waals surface area contributed by atoms with Gasteiger partial charge in [-0.25, -0.2) is 9.59 Å². The fourth-order valence-electron chi connectivity index (χ4n) is 6.26. The lowest BCUT2D eigenvalue weighted by molar-refractivity contribution is -0.147. The van der Waals surface area contributed by atoms with Gasteiger partial charge < -0.3 is 34.9 Å². The lowest BCUT2D eigenvalue weighted by Crippen LogP contribution is -2.49. The molecule has 0 radical (unpaired) electrons. The molecule has 4 atom stereocenters. The van der Waals surface area contributed by atoms with E-state index >= 15 is 0 Å². The molecule has 1 aliphatic heterocycles. The summed E-state index contributed by atoms with van der Waals surface area (Å²) in [7, 11) is 1.22. The van der Waals surface area contributed by atoms with Crippen molar-refractivity contribution in [2.24, 2.45) is 11.8 Å². The molecule has 13 heteroatoms. The number of methoxy groups -OCH3 is 1. The minimum Gasteiger partial charge on any atom is -0.467 e. The van der Waals surface area contributed by atoms with Crippen LogP contribution in [0.4, 0.5) is 4.79 Å². The van der Waals surface area contributed by atoms with Crippen molar-refractivity contribution >= 4 is 35.4 Å². The van der Waals surface area contributed by atoms with Gasteiger partial charge in [-0.2, -0.15) is 0 Å². The molecule has 13 nitrogen and oxygen atoms in total. The van der Waals surface area contributed by atoms with E-state index in [9.17, 15) is 28.8 Å². The summed E-state index contributed by atoms with van der Waals surface area (Å²) in [6, 6.07) is 13.6. The van der Waals surface area contributed by atoms with Crippen LogP contribution >= 0.6 is 0 Å². The first-order valence-electron chi connectivity index (χ1n) is 20.3. The highest BCUT2D eigenvalue weighted by atomic mass is 16.6. The molecule has 1 fully saturated rings. The maximum atomic E-state index is 14.0. The first-order chi connectivity index (χ1) is 27.2. The molecule has 3 N–H and O–H groups in total. The minimum atomic E-state index is -1.08. The van der Waals surface area contributed by atoms with Gasteiger partial charge in [-0.05, 0) is 76.0 Å². The molecular weight excluding hydrogens is 730 g/mol. The normalized spacial score (nSPS) is 19.2. The van der Waals surface area contributed by atoms with Gasteiger partial charge in [0.05, 0.1) is 20.3 Å². The van der Waals surface area contributed by atoms with Crippen LogP contribution in [0, 0.1) is 11.8 Å². The van der Waals surface area contributed by atoms with Crippen molar-refractivity contribution in [3.63, 3.8) is 0 Å². The number of ketones is 2. The van der Waals surface area contributed by atoms with Crippen LogP contribution in [0.25, 0.3) is 11.1 Å². The third-order valence-electron chi connectivity index (χ3n) is 9.62. The molecule has 1 saturated heterocycles. The van der Waals surface area contributed by atoms with E-state index in [2.05, 4.69) is 47.1 Å². The number of amides is 3. The van der Waals surface area contributed by atoms with Gasteiger partial charge in [0.2, 0.25) is 11.8 Å². The molecule has 3 amide bonds. The van der Waals surface area contributed by atoms with Crippen molar-refractivity contribution in [2.45, 2.75) is 117 Å². The van der Waals surface area contributed by atoms with Crippen molar-refractivity contribution in [1.82, 2.24) is 16.0 Å². The summed E-state index contributed by atoms with van der Waals surface area (Å²) < 4.78 is 21.5. The molecule has 314 valence electrons. The molecule has 1 heterocycles. The van der Waals surface area contributed by atoms with E-state index in [4.69, 9.17) is 18.9 Å². The second-order valence-corrected chi connectivity index (χ2v) is 15.7. The van der Waals surface area contributed by atoms with Crippen LogP contribution in [0.15, 0.2) is 48.5 Å². The molecule has 57 heavy (non-hydrogen) atoms. The van der Waals surface area contributed by atoms with Crippen LogP contribution in [0.2, 0.25) is 0 Å².